The molecule has 1 fully saturated rings. The smallest absolute Gasteiger partial charge is 0.0592 e. The molecular formula is C7H16N4. The van der Waals surface area contributed by atoms with Crippen LogP contribution < -0.4 is 0 Å². The molecule has 1 heterocycles. The Morgan fingerprint density at radius 3 is 2.36 bits per heavy atom. The van der Waals surface area contributed by atoms with Crippen molar-refractivity contribution in [2.75, 3.05) is 39.8 Å². The summed E-state index contributed by atoms with van der Waals surface area (Å²) in [7, 11) is 2.13. The van der Waals surface area contributed by atoms with Gasteiger partial charge in [-0.1, -0.05) is 5.22 Å². The van der Waals surface area contributed by atoms with Gasteiger partial charge in [0, 0.05) is 13.1 Å². The summed E-state index contributed by atoms with van der Waals surface area (Å²) in [5, 5.41) is 10.1. The van der Waals surface area contributed by atoms with Crippen LogP contribution >= 0.6 is 0 Å². The number of hydrogen-bond acceptors (Lipinski definition) is 3. The molecule has 1 aliphatic heterocycles. The van der Waals surface area contributed by atoms with Crippen LogP contribution in [0.5, 0.6) is 0 Å². The minimum Gasteiger partial charge on any atom is -0.303 e. The predicted octanol–water partition coefficient (Wildman–Crippen LogP) is 0.621. The summed E-state index contributed by atoms with van der Waals surface area (Å²) in [6.45, 7) is 7.01. The van der Waals surface area contributed by atoms with Gasteiger partial charge in [0.2, 0.25) is 0 Å². The number of hydrogen-bond donors (Lipinski definition) is 0. The normalized spacial score (nSPS) is 21.5. The Morgan fingerprint density at radius 1 is 1.18 bits per heavy atom. The van der Waals surface area contributed by atoms with Gasteiger partial charge in [-0.2, -0.15) is 5.11 Å². The molecule has 0 bridgehead atoms. The maximum absolute atomic E-state index is 4.07. The van der Waals surface area contributed by atoms with E-state index in [1.807, 2.05) is 11.9 Å². The van der Waals surface area contributed by atoms with E-state index in [1.54, 1.807) is 0 Å². The molecule has 11 heavy (non-hydrogen) atoms. The van der Waals surface area contributed by atoms with E-state index in [0.29, 0.717) is 0 Å². The number of nitrogens with zero attached hydrogens (tertiary/aromatic N) is 4. The summed E-state index contributed by atoms with van der Waals surface area (Å²) in [6, 6.07) is 0. The highest BCUT2D eigenvalue weighted by Gasteiger charge is 2.10. The van der Waals surface area contributed by atoms with E-state index in [1.165, 1.54) is 0 Å². The lowest BCUT2D eigenvalue weighted by atomic mass is 10.4. The molecule has 0 N–H and O–H groups in total. The van der Waals surface area contributed by atoms with Gasteiger partial charge in [-0.25, -0.2) is 0 Å². The average Bonchev–Trinajstić information content (AvgIpc) is 2.04. The van der Waals surface area contributed by atoms with Gasteiger partial charge >= 0.3 is 0 Å². The number of rotatable bonds is 2. The highest BCUT2D eigenvalue weighted by atomic mass is 15.6. The molecule has 1 rings (SSSR count). The van der Waals surface area contributed by atoms with Gasteiger partial charge in [-0.05, 0) is 14.0 Å². The lowest BCUT2D eigenvalue weighted by molar-refractivity contribution is 0.149. The van der Waals surface area contributed by atoms with Crippen molar-refractivity contribution in [3.63, 3.8) is 0 Å². The van der Waals surface area contributed by atoms with Crippen molar-refractivity contribution in [2.45, 2.75) is 6.92 Å². The van der Waals surface area contributed by atoms with E-state index in [2.05, 4.69) is 22.3 Å². The molecule has 0 aliphatic carbocycles. The summed E-state index contributed by atoms with van der Waals surface area (Å²) in [5.74, 6) is 0. The summed E-state index contributed by atoms with van der Waals surface area (Å²) in [6.07, 6.45) is 0. The molecule has 0 radical (unpaired) electrons. The Kier molecular flexibility index (Phi) is 3.29. The van der Waals surface area contributed by atoms with Crippen LogP contribution in [0.15, 0.2) is 10.3 Å². The van der Waals surface area contributed by atoms with E-state index in [0.717, 1.165) is 32.7 Å². The fourth-order valence-electron chi connectivity index (χ4n) is 1.04. The second kappa shape index (κ2) is 4.28. The Bertz CT molecular complexity index is 126. The molecule has 0 spiro atoms. The molecule has 0 amide bonds. The van der Waals surface area contributed by atoms with Gasteiger partial charge in [0.1, 0.15) is 0 Å². The molecule has 0 aromatic carbocycles. The Labute approximate surface area is 67.9 Å². The molecule has 4 heteroatoms. The third kappa shape index (κ3) is 2.84. The Morgan fingerprint density at radius 2 is 1.82 bits per heavy atom. The van der Waals surface area contributed by atoms with Gasteiger partial charge in [0.15, 0.2) is 0 Å². The minimum atomic E-state index is 0.784. The van der Waals surface area contributed by atoms with Crippen LogP contribution in [0, 0.1) is 0 Å². The number of piperazine rings is 1. The minimum absolute atomic E-state index is 0.784. The van der Waals surface area contributed by atoms with E-state index in [-0.39, 0.29) is 0 Å². The largest absolute Gasteiger partial charge is 0.303 e. The summed E-state index contributed by atoms with van der Waals surface area (Å²) in [4.78, 5) is 2.30. The zero-order chi connectivity index (χ0) is 8.10. The van der Waals surface area contributed by atoms with Crippen molar-refractivity contribution >= 4 is 0 Å². The zero-order valence-electron chi connectivity index (χ0n) is 7.32. The van der Waals surface area contributed by atoms with Crippen molar-refractivity contribution in [3.8, 4) is 0 Å². The van der Waals surface area contributed by atoms with Gasteiger partial charge < -0.3 is 4.90 Å². The second-order valence-electron chi connectivity index (χ2n) is 2.80. The van der Waals surface area contributed by atoms with E-state index in [9.17, 15) is 0 Å². The monoisotopic (exact) mass is 156 g/mol. The highest BCUT2D eigenvalue weighted by molar-refractivity contribution is 4.64. The van der Waals surface area contributed by atoms with Crippen LogP contribution in [0.2, 0.25) is 0 Å². The molecule has 4 nitrogen and oxygen atoms in total. The van der Waals surface area contributed by atoms with Gasteiger partial charge in [-0.3, -0.25) is 5.01 Å². The van der Waals surface area contributed by atoms with Crippen molar-refractivity contribution < 1.29 is 0 Å². The van der Waals surface area contributed by atoms with Crippen LogP contribution in [0.3, 0.4) is 0 Å². The first kappa shape index (κ1) is 8.46. The first-order valence-corrected chi connectivity index (χ1v) is 4.14. The zero-order valence-corrected chi connectivity index (χ0v) is 7.32. The SMILES string of the molecule is CCN=NN1CCN(C)CC1. The van der Waals surface area contributed by atoms with Crippen LogP contribution in [0.25, 0.3) is 0 Å². The van der Waals surface area contributed by atoms with Gasteiger partial charge in [0.05, 0.1) is 19.6 Å². The van der Waals surface area contributed by atoms with Crippen LogP contribution in [0.1, 0.15) is 6.92 Å². The number of likely N-dealkylation sites (N-methyl/N-ethyl adjacent to an activating group) is 1. The van der Waals surface area contributed by atoms with Crippen molar-refractivity contribution in [1.29, 1.82) is 0 Å². The summed E-state index contributed by atoms with van der Waals surface area (Å²) in [5.41, 5.74) is 0. The van der Waals surface area contributed by atoms with Gasteiger partial charge in [0.25, 0.3) is 0 Å². The Hall–Kier alpha value is -0.640. The first-order chi connectivity index (χ1) is 5.33. The van der Waals surface area contributed by atoms with Crippen LogP contribution in [-0.2, 0) is 0 Å². The maximum Gasteiger partial charge on any atom is 0.0592 e. The lowest BCUT2D eigenvalue weighted by Crippen LogP contribution is -2.41. The summed E-state index contributed by atoms with van der Waals surface area (Å²) < 4.78 is 0. The molecule has 0 aromatic rings. The molecule has 0 unspecified atom stereocenters. The summed E-state index contributed by atoms with van der Waals surface area (Å²) >= 11 is 0. The Balaban J connectivity index is 2.22. The van der Waals surface area contributed by atoms with E-state index < -0.39 is 0 Å². The fourth-order valence-corrected chi connectivity index (χ4v) is 1.04. The molecule has 0 aromatic heterocycles. The lowest BCUT2D eigenvalue weighted by Gasteiger charge is -2.29. The van der Waals surface area contributed by atoms with E-state index in [4.69, 9.17) is 0 Å². The topological polar surface area (TPSA) is 31.2 Å². The van der Waals surface area contributed by atoms with Crippen LogP contribution in [0.4, 0.5) is 0 Å². The first-order valence-electron chi connectivity index (χ1n) is 4.14. The highest BCUT2D eigenvalue weighted by Crippen LogP contribution is 1.99. The second-order valence-corrected chi connectivity index (χ2v) is 2.80. The molecular weight excluding hydrogens is 140 g/mol. The third-order valence-electron chi connectivity index (χ3n) is 1.81. The molecule has 1 aliphatic rings. The molecule has 64 valence electrons. The van der Waals surface area contributed by atoms with E-state index >= 15 is 0 Å². The molecule has 1 saturated heterocycles. The quantitative estimate of drug-likeness (QED) is 0.549. The standard InChI is InChI=1S/C7H16N4/c1-3-8-9-11-6-4-10(2)5-7-11/h3-7H2,1-2H3. The van der Waals surface area contributed by atoms with Crippen molar-refractivity contribution in [1.82, 2.24) is 9.91 Å². The van der Waals surface area contributed by atoms with Crippen LogP contribution in [-0.4, -0.2) is 49.7 Å². The third-order valence-corrected chi connectivity index (χ3v) is 1.81. The fraction of sp³-hybridized carbons (Fsp3) is 1.00. The average molecular weight is 156 g/mol. The van der Waals surface area contributed by atoms with Crippen molar-refractivity contribution in [2.24, 2.45) is 10.3 Å². The van der Waals surface area contributed by atoms with Gasteiger partial charge in [-0.15, -0.1) is 0 Å². The molecule has 0 atom stereocenters. The predicted molar refractivity (Wildman–Crippen MR) is 44.5 cm³/mol. The maximum atomic E-state index is 4.07. The molecule has 0 saturated carbocycles. The van der Waals surface area contributed by atoms with Crippen molar-refractivity contribution in [3.05, 3.63) is 0 Å².